The van der Waals surface area contributed by atoms with Crippen molar-refractivity contribution in [1.82, 2.24) is 0 Å². The predicted molar refractivity (Wildman–Crippen MR) is 83.6 cm³/mol. The van der Waals surface area contributed by atoms with E-state index in [9.17, 15) is 5.11 Å². The summed E-state index contributed by atoms with van der Waals surface area (Å²) < 4.78 is 16.7. The Kier molecular flexibility index (Phi) is 6.10. The van der Waals surface area contributed by atoms with E-state index in [0.717, 1.165) is 21.7 Å². The summed E-state index contributed by atoms with van der Waals surface area (Å²) in [7, 11) is 1.61. The number of methoxy groups -OCH3 is 1. The lowest BCUT2D eigenvalue weighted by molar-refractivity contribution is 0.0282. The molecule has 2 N–H and O–H groups in total. The predicted octanol–water partition coefficient (Wildman–Crippen LogP) is 3.04. The van der Waals surface area contributed by atoms with Crippen molar-refractivity contribution < 1.29 is 19.0 Å². The fourth-order valence-corrected chi connectivity index (χ4v) is 2.16. The second kappa shape index (κ2) is 8.07. The van der Waals surface area contributed by atoms with E-state index < -0.39 is 6.10 Å². The molecule has 0 amide bonds. The van der Waals surface area contributed by atoms with Gasteiger partial charge in [0, 0.05) is 11.0 Å². The molecule has 0 saturated carbocycles. The Morgan fingerprint density at radius 1 is 1.38 bits per heavy atom. The van der Waals surface area contributed by atoms with Crippen LogP contribution in [0.4, 0.5) is 5.69 Å². The topological polar surface area (TPSA) is 63.9 Å². The number of benzene rings is 1. The molecule has 0 fully saturated rings. The molecule has 2 aromatic rings. The van der Waals surface area contributed by atoms with E-state index in [4.69, 9.17) is 13.9 Å². The van der Waals surface area contributed by atoms with Crippen molar-refractivity contribution in [2.75, 3.05) is 25.6 Å². The number of ether oxygens (including phenoxy) is 2. The zero-order chi connectivity index (χ0) is 15.1. The van der Waals surface area contributed by atoms with Crippen LogP contribution in [0, 0.1) is 0 Å². The SMILES string of the molecule is COc1ccc(Br)cc1NCC(O)COCc1ccco1. The van der Waals surface area contributed by atoms with Gasteiger partial charge in [-0.2, -0.15) is 0 Å². The van der Waals surface area contributed by atoms with Crippen molar-refractivity contribution in [1.29, 1.82) is 0 Å². The van der Waals surface area contributed by atoms with Gasteiger partial charge < -0.3 is 24.3 Å². The van der Waals surface area contributed by atoms with Crippen molar-refractivity contribution in [3.8, 4) is 5.75 Å². The lowest BCUT2D eigenvalue weighted by Gasteiger charge is -2.15. The van der Waals surface area contributed by atoms with Crippen LogP contribution in [0.5, 0.6) is 5.75 Å². The molecule has 0 bridgehead atoms. The Morgan fingerprint density at radius 2 is 2.24 bits per heavy atom. The van der Waals surface area contributed by atoms with Crippen LogP contribution in [0.15, 0.2) is 45.5 Å². The van der Waals surface area contributed by atoms with Gasteiger partial charge in [0.1, 0.15) is 18.1 Å². The number of hydrogen-bond donors (Lipinski definition) is 2. The van der Waals surface area contributed by atoms with Crippen molar-refractivity contribution in [3.63, 3.8) is 0 Å². The highest BCUT2D eigenvalue weighted by Crippen LogP contribution is 2.27. The normalized spacial score (nSPS) is 12.1. The van der Waals surface area contributed by atoms with Gasteiger partial charge in [0.25, 0.3) is 0 Å². The molecular formula is C15H18BrNO4. The molecule has 21 heavy (non-hydrogen) atoms. The largest absolute Gasteiger partial charge is 0.495 e. The van der Waals surface area contributed by atoms with Crippen LogP contribution in [0.25, 0.3) is 0 Å². The van der Waals surface area contributed by atoms with Crippen molar-refractivity contribution in [2.24, 2.45) is 0 Å². The first kappa shape index (κ1) is 15.9. The Hall–Kier alpha value is -1.50. The van der Waals surface area contributed by atoms with Crippen LogP contribution in [0.1, 0.15) is 5.76 Å². The molecule has 0 saturated heterocycles. The minimum atomic E-state index is -0.622. The highest BCUT2D eigenvalue weighted by atomic mass is 79.9. The molecular weight excluding hydrogens is 338 g/mol. The molecule has 0 radical (unpaired) electrons. The van der Waals surface area contributed by atoms with Crippen LogP contribution in [0.3, 0.4) is 0 Å². The number of furan rings is 1. The first-order valence-electron chi connectivity index (χ1n) is 6.54. The maximum Gasteiger partial charge on any atom is 0.142 e. The number of halogens is 1. The Bertz CT molecular complexity index is 545. The fourth-order valence-electron chi connectivity index (χ4n) is 1.80. The molecule has 1 unspecified atom stereocenters. The summed E-state index contributed by atoms with van der Waals surface area (Å²) in [5.74, 6) is 1.46. The minimum absolute atomic E-state index is 0.226. The number of rotatable bonds is 8. The van der Waals surface area contributed by atoms with E-state index in [1.807, 2.05) is 24.3 Å². The molecule has 1 aromatic heterocycles. The van der Waals surface area contributed by atoms with Crippen molar-refractivity contribution >= 4 is 21.6 Å². The van der Waals surface area contributed by atoms with Crippen LogP contribution in [-0.2, 0) is 11.3 Å². The number of anilines is 1. The molecule has 114 valence electrons. The van der Waals surface area contributed by atoms with E-state index in [2.05, 4.69) is 21.2 Å². The maximum atomic E-state index is 9.90. The van der Waals surface area contributed by atoms with E-state index in [1.165, 1.54) is 0 Å². The van der Waals surface area contributed by atoms with Crippen LogP contribution >= 0.6 is 15.9 Å². The second-order valence-electron chi connectivity index (χ2n) is 4.47. The summed E-state index contributed by atoms with van der Waals surface area (Å²) in [5, 5.41) is 13.0. The summed E-state index contributed by atoms with van der Waals surface area (Å²) in [6.07, 6.45) is 0.972. The lowest BCUT2D eigenvalue weighted by atomic mass is 10.2. The molecule has 1 aromatic carbocycles. The van der Waals surface area contributed by atoms with Crippen LogP contribution in [0.2, 0.25) is 0 Å². The molecule has 1 atom stereocenters. The van der Waals surface area contributed by atoms with Crippen LogP contribution in [-0.4, -0.2) is 31.5 Å². The number of aliphatic hydroxyl groups is 1. The summed E-state index contributed by atoms with van der Waals surface area (Å²) >= 11 is 3.40. The Morgan fingerprint density at radius 3 is 2.95 bits per heavy atom. The quantitative estimate of drug-likeness (QED) is 0.761. The van der Waals surface area contributed by atoms with E-state index >= 15 is 0 Å². The summed E-state index contributed by atoms with van der Waals surface area (Å²) in [5.41, 5.74) is 0.817. The minimum Gasteiger partial charge on any atom is -0.495 e. The average molecular weight is 356 g/mol. The fraction of sp³-hybridized carbons (Fsp3) is 0.333. The van der Waals surface area contributed by atoms with Gasteiger partial charge in [0.05, 0.1) is 31.8 Å². The van der Waals surface area contributed by atoms with Crippen molar-refractivity contribution in [3.05, 3.63) is 46.8 Å². The standard InChI is InChI=1S/C15H18BrNO4/c1-19-15-5-4-11(16)7-14(15)17-8-12(18)9-20-10-13-3-2-6-21-13/h2-7,12,17-18H,8-10H2,1H3. The zero-order valence-electron chi connectivity index (χ0n) is 11.7. The molecule has 0 spiro atoms. The van der Waals surface area contributed by atoms with Gasteiger partial charge in [-0.15, -0.1) is 0 Å². The summed E-state index contributed by atoms with van der Waals surface area (Å²) in [6.45, 7) is 0.944. The molecule has 6 heteroatoms. The Balaban J connectivity index is 1.75. The zero-order valence-corrected chi connectivity index (χ0v) is 13.3. The molecule has 0 aliphatic carbocycles. The molecule has 5 nitrogen and oxygen atoms in total. The highest BCUT2D eigenvalue weighted by molar-refractivity contribution is 9.10. The van der Waals surface area contributed by atoms with E-state index in [-0.39, 0.29) is 6.61 Å². The number of hydrogen-bond acceptors (Lipinski definition) is 5. The molecule has 1 heterocycles. The summed E-state index contributed by atoms with van der Waals surface area (Å²) in [4.78, 5) is 0. The van der Waals surface area contributed by atoms with Gasteiger partial charge in [0.2, 0.25) is 0 Å². The number of aliphatic hydroxyl groups excluding tert-OH is 1. The van der Waals surface area contributed by atoms with Gasteiger partial charge in [-0.05, 0) is 30.3 Å². The molecule has 0 aliphatic heterocycles. The van der Waals surface area contributed by atoms with E-state index in [0.29, 0.717) is 13.2 Å². The van der Waals surface area contributed by atoms with Gasteiger partial charge in [0.15, 0.2) is 0 Å². The Labute approximate surface area is 132 Å². The first-order valence-corrected chi connectivity index (χ1v) is 7.34. The first-order chi connectivity index (χ1) is 10.2. The summed E-state index contributed by atoms with van der Waals surface area (Å²) in [6, 6.07) is 9.28. The average Bonchev–Trinajstić information content (AvgIpc) is 2.98. The van der Waals surface area contributed by atoms with Gasteiger partial charge in [-0.3, -0.25) is 0 Å². The number of nitrogens with one attached hydrogen (secondary N) is 1. The monoisotopic (exact) mass is 355 g/mol. The molecule has 0 aliphatic rings. The molecule has 2 rings (SSSR count). The lowest BCUT2D eigenvalue weighted by Crippen LogP contribution is -2.24. The van der Waals surface area contributed by atoms with Crippen LogP contribution < -0.4 is 10.1 Å². The van der Waals surface area contributed by atoms with Gasteiger partial charge in [-0.25, -0.2) is 0 Å². The third-order valence-corrected chi connectivity index (χ3v) is 3.32. The van der Waals surface area contributed by atoms with Crippen molar-refractivity contribution in [2.45, 2.75) is 12.7 Å². The maximum absolute atomic E-state index is 9.90. The second-order valence-corrected chi connectivity index (χ2v) is 5.39. The highest BCUT2D eigenvalue weighted by Gasteiger charge is 2.08. The van der Waals surface area contributed by atoms with Gasteiger partial charge >= 0.3 is 0 Å². The third-order valence-electron chi connectivity index (χ3n) is 2.82. The smallest absolute Gasteiger partial charge is 0.142 e. The van der Waals surface area contributed by atoms with E-state index in [1.54, 1.807) is 19.4 Å². The van der Waals surface area contributed by atoms with Gasteiger partial charge in [-0.1, -0.05) is 15.9 Å². The third kappa shape index (κ3) is 5.08.